The number of imidazole rings is 1. The maximum absolute atomic E-state index is 5.98. The lowest BCUT2D eigenvalue weighted by Crippen LogP contribution is -2.38. The number of para-hydroxylation sites is 1. The first-order valence-corrected chi connectivity index (χ1v) is 9.04. The molecule has 6 heteroatoms. The van der Waals surface area contributed by atoms with Crippen LogP contribution < -0.4 is 0 Å². The Labute approximate surface area is 153 Å². The highest BCUT2D eigenvalue weighted by Crippen LogP contribution is 2.23. The van der Waals surface area contributed by atoms with Gasteiger partial charge in [0.05, 0.1) is 12.1 Å². The zero-order chi connectivity index (χ0) is 17.9. The maximum Gasteiger partial charge on any atom is 0.136 e. The van der Waals surface area contributed by atoms with Crippen molar-refractivity contribution in [1.29, 1.82) is 0 Å². The van der Waals surface area contributed by atoms with Crippen LogP contribution >= 0.6 is 0 Å². The molecule has 3 heterocycles. The summed E-state index contributed by atoms with van der Waals surface area (Å²) in [7, 11) is 4.11. The number of fused-ring (bicyclic) bond motifs is 1. The van der Waals surface area contributed by atoms with E-state index in [-0.39, 0.29) is 6.10 Å². The van der Waals surface area contributed by atoms with Gasteiger partial charge in [0, 0.05) is 49.7 Å². The Hall–Kier alpha value is -2.28. The van der Waals surface area contributed by atoms with Crippen molar-refractivity contribution in [3.05, 3.63) is 59.8 Å². The lowest BCUT2D eigenvalue weighted by molar-refractivity contribution is -0.0367. The van der Waals surface area contributed by atoms with Gasteiger partial charge in [-0.3, -0.25) is 9.88 Å². The van der Waals surface area contributed by atoms with Crippen molar-refractivity contribution in [2.45, 2.75) is 19.2 Å². The van der Waals surface area contributed by atoms with E-state index in [0.717, 1.165) is 49.8 Å². The molecule has 0 radical (unpaired) electrons. The summed E-state index contributed by atoms with van der Waals surface area (Å²) in [6.45, 7) is 4.24. The number of nitrogens with one attached hydrogen (secondary N) is 1. The number of morpholine rings is 1. The number of benzene rings is 1. The van der Waals surface area contributed by atoms with Gasteiger partial charge in [-0.2, -0.15) is 0 Å². The zero-order valence-corrected chi connectivity index (χ0v) is 15.4. The molecular formula is C20H25N5O. The predicted molar refractivity (Wildman–Crippen MR) is 102 cm³/mol. The molecular weight excluding hydrogens is 326 g/mol. The van der Waals surface area contributed by atoms with Gasteiger partial charge >= 0.3 is 0 Å². The van der Waals surface area contributed by atoms with Crippen LogP contribution in [0, 0.1) is 0 Å². The minimum absolute atomic E-state index is 0.00670. The molecule has 0 saturated carbocycles. The number of aromatic amines is 1. The van der Waals surface area contributed by atoms with Crippen LogP contribution in [0.5, 0.6) is 0 Å². The molecule has 0 spiro atoms. The predicted octanol–water partition coefficient (Wildman–Crippen LogP) is 2.59. The second kappa shape index (κ2) is 7.53. The molecule has 0 bridgehead atoms. The van der Waals surface area contributed by atoms with Crippen LogP contribution in [0.2, 0.25) is 0 Å². The molecule has 1 fully saturated rings. The van der Waals surface area contributed by atoms with Crippen LogP contribution in [0.25, 0.3) is 10.9 Å². The van der Waals surface area contributed by atoms with E-state index in [4.69, 9.17) is 4.74 Å². The van der Waals surface area contributed by atoms with Gasteiger partial charge in [0.25, 0.3) is 0 Å². The van der Waals surface area contributed by atoms with Crippen molar-refractivity contribution >= 4 is 10.9 Å². The van der Waals surface area contributed by atoms with Crippen LogP contribution in [0.3, 0.4) is 0 Å². The van der Waals surface area contributed by atoms with Gasteiger partial charge in [-0.25, -0.2) is 4.98 Å². The Morgan fingerprint density at radius 2 is 2.12 bits per heavy atom. The Morgan fingerprint density at radius 3 is 3.00 bits per heavy atom. The van der Waals surface area contributed by atoms with Gasteiger partial charge in [-0.1, -0.05) is 18.2 Å². The molecule has 1 N–H and O–H groups in total. The standard InChI is InChI=1S/C20H25N5O/c1-24(2)13-16-11-22-20(23-16)19-14-25(9-10-26-19)12-15-7-8-21-18-6-4-3-5-17(15)18/h3-8,11,19H,9-10,12-14H2,1-2H3,(H,22,23). The maximum atomic E-state index is 5.98. The van der Waals surface area contributed by atoms with Gasteiger partial charge in [-0.05, 0) is 31.8 Å². The largest absolute Gasteiger partial charge is 0.368 e. The number of hydrogen-bond donors (Lipinski definition) is 1. The van der Waals surface area contributed by atoms with E-state index in [1.54, 1.807) is 0 Å². The number of pyridine rings is 1. The molecule has 2 aromatic heterocycles. The topological polar surface area (TPSA) is 57.3 Å². The third-order valence-corrected chi connectivity index (χ3v) is 4.72. The number of rotatable bonds is 5. The van der Waals surface area contributed by atoms with Crippen LogP contribution in [-0.2, 0) is 17.8 Å². The Kier molecular flexibility index (Phi) is 4.97. The smallest absolute Gasteiger partial charge is 0.136 e. The van der Waals surface area contributed by atoms with Crippen molar-refractivity contribution < 1.29 is 4.74 Å². The van der Waals surface area contributed by atoms with E-state index in [9.17, 15) is 0 Å². The second-order valence-corrected chi connectivity index (χ2v) is 7.11. The second-order valence-electron chi connectivity index (χ2n) is 7.11. The first-order chi connectivity index (χ1) is 12.7. The fourth-order valence-electron chi connectivity index (χ4n) is 3.51. The summed E-state index contributed by atoms with van der Waals surface area (Å²) in [5, 5.41) is 1.23. The summed E-state index contributed by atoms with van der Waals surface area (Å²) in [4.78, 5) is 17.0. The van der Waals surface area contributed by atoms with Crippen LogP contribution in [0.1, 0.15) is 23.2 Å². The molecule has 0 aliphatic carbocycles. The van der Waals surface area contributed by atoms with Gasteiger partial charge < -0.3 is 14.6 Å². The minimum Gasteiger partial charge on any atom is -0.368 e. The molecule has 1 unspecified atom stereocenters. The molecule has 1 aromatic carbocycles. The molecule has 1 aliphatic rings. The highest BCUT2D eigenvalue weighted by Gasteiger charge is 2.24. The summed E-state index contributed by atoms with van der Waals surface area (Å²) in [5.41, 5.74) is 3.48. The van der Waals surface area contributed by atoms with Gasteiger partial charge in [0.2, 0.25) is 0 Å². The lowest BCUT2D eigenvalue weighted by atomic mass is 10.1. The summed E-state index contributed by atoms with van der Waals surface area (Å²) in [5.74, 6) is 0.922. The number of H-pyrrole nitrogens is 1. The normalized spacial score (nSPS) is 18.7. The first kappa shape index (κ1) is 17.1. The van der Waals surface area contributed by atoms with E-state index < -0.39 is 0 Å². The molecule has 3 aromatic rings. The van der Waals surface area contributed by atoms with Gasteiger partial charge in [0.1, 0.15) is 11.9 Å². The summed E-state index contributed by atoms with van der Waals surface area (Å²) < 4.78 is 5.98. The average molecular weight is 351 g/mol. The van der Waals surface area contributed by atoms with Crippen molar-refractivity contribution in [1.82, 2.24) is 24.8 Å². The van der Waals surface area contributed by atoms with Crippen LogP contribution in [0.15, 0.2) is 42.7 Å². The average Bonchev–Trinajstić information content (AvgIpc) is 3.10. The van der Waals surface area contributed by atoms with Crippen molar-refractivity contribution in [2.24, 2.45) is 0 Å². The van der Waals surface area contributed by atoms with Crippen molar-refractivity contribution in [2.75, 3.05) is 33.8 Å². The summed E-state index contributed by atoms with van der Waals surface area (Å²) in [6, 6.07) is 10.4. The van der Waals surface area contributed by atoms with E-state index in [1.807, 2.05) is 18.5 Å². The highest BCUT2D eigenvalue weighted by molar-refractivity contribution is 5.81. The molecule has 6 nitrogen and oxygen atoms in total. The zero-order valence-electron chi connectivity index (χ0n) is 15.4. The first-order valence-electron chi connectivity index (χ1n) is 9.04. The van der Waals surface area contributed by atoms with E-state index in [0.29, 0.717) is 0 Å². The summed E-state index contributed by atoms with van der Waals surface area (Å²) in [6.07, 6.45) is 3.80. The van der Waals surface area contributed by atoms with Gasteiger partial charge in [0.15, 0.2) is 0 Å². The SMILES string of the molecule is CN(C)Cc1cnc(C2CN(Cc3ccnc4ccccc34)CCO2)[nH]1. The third-order valence-electron chi connectivity index (χ3n) is 4.72. The highest BCUT2D eigenvalue weighted by atomic mass is 16.5. The minimum atomic E-state index is -0.00670. The van der Waals surface area contributed by atoms with E-state index in [1.165, 1.54) is 10.9 Å². The third kappa shape index (κ3) is 3.77. The number of nitrogens with zero attached hydrogens (tertiary/aromatic N) is 4. The summed E-state index contributed by atoms with van der Waals surface area (Å²) >= 11 is 0. The Bertz CT molecular complexity index is 870. The molecule has 4 rings (SSSR count). The van der Waals surface area contributed by atoms with Crippen LogP contribution in [0.4, 0.5) is 0 Å². The monoisotopic (exact) mass is 351 g/mol. The fourth-order valence-corrected chi connectivity index (χ4v) is 3.51. The van der Waals surface area contributed by atoms with Crippen molar-refractivity contribution in [3.63, 3.8) is 0 Å². The number of ether oxygens (including phenoxy) is 1. The number of aromatic nitrogens is 3. The lowest BCUT2D eigenvalue weighted by Gasteiger charge is -2.32. The van der Waals surface area contributed by atoms with Crippen LogP contribution in [-0.4, -0.2) is 58.5 Å². The van der Waals surface area contributed by atoms with E-state index >= 15 is 0 Å². The fraction of sp³-hybridized carbons (Fsp3) is 0.400. The quantitative estimate of drug-likeness (QED) is 0.766. The Morgan fingerprint density at radius 1 is 1.23 bits per heavy atom. The molecule has 136 valence electrons. The van der Waals surface area contributed by atoms with Crippen molar-refractivity contribution in [3.8, 4) is 0 Å². The van der Waals surface area contributed by atoms with E-state index in [2.05, 4.69) is 63.1 Å². The number of hydrogen-bond acceptors (Lipinski definition) is 5. The Balaban J connectivity index is 1.47. The molecule has 1 saturated heterocycles. The molecule has 1 aliphatic heterocycles. The molecule has 1 atom stereocenters. The van der Waals surface area contributed by atoms with Gasteiger partial charge in [-0.15, -0.1) is 0 Å². The molecule has 26 heavy (non-hydrogen) atoms. The molecule has 0 amide bonds.